The first-order valence-corrected chi connectivity index (χ1v) is 8.45. The maximum atomic E-state index is 12.4. The van der Waals surface area contributed by atoms with Gasteiger partial charge in [-0.05, 0) is 71.0 Å². The highest BCUT2D eigenvalue weighted by Crippen LogP contribution is 2.31. The van der Waals surface area contributed by atoms with E-state index in [1.165, 1.54) is 0 Å². The van der Waals surface area contributed by atoms with E-state index < -0.39 is 0 Å². The molecular weight excluding hydrogens is 405 g/mol. The molecule has 0 aliphatic rings. The van der Waals surface area contributed by atoms with Crippen LogP contribution in [0, 0.1) is 3.57 Å². The molecule has 0 bridgehead atoms. The minimum Gasteiger partial charge on any atom is -0.493 e. The van der Waals surface area contributed by atoms with Crippen molar-refractivity contribution in [3.8, 4) is 11.5 Å². The number of amides is 1. The zero-order chi connectivity index (χ0) is 16.8. The summed E-state index contributed by atoms with van der Waals surface area (Å²) >= 11 is 2.22. The predicted molar refractivity (Wildman–Crippen MR) is 99.2 cm³/mol. The molecule has 5 heteroatoms. The third-order valence-corrected chi connectivity index (χ3v) is 4.35. The van der Waals surface area contributed by atoms with E-state index in [2.05, 4.69) is 27.9 Å². The van der Waals surface area contributed by atoms with Crippen LogP contribution in [0.25, 0.3) is 0 Å². The fraction of sp³-hybridized carbons (Fsp3) is 0.278. The zero-order valence-corrected chi connectivity index (χ0v) is 15.6. The number of methoxy groups -OCH3 is 2. The molecule has 1 atom stereocenters. The first-order chi connectivity index (χ1) is 11.1. The van der Waals surface area contributed by atoms with Crippen LogP contribution >= 0.6 is 22.6 Å². The molecule has 122 valence electrons. The van der Waals surface area contributed by atoms with Crippen molar-refractivity contribution in [2.75, 3.05) is 14.2 Å². The standard InChI is InChI=1S/C18H20INO3/c1-4-15(13-7-10-16(22-2)17(11-13)23-3)20-18(21)12-5-8-14(19)9-6-12/h5-11,15H,4H2,1-3H3,(H,20,21)/t15-/m1/s1. The molecule has 0 unspecified atom stereocenters. The monoisotopic (exact) mass is 425 g/mol. The number of halogens is 1. The van der Waals surface area contributed by atoms with Crippen LogP contribution in [-0.2, 0) is 0 Å². The maximum Gasteiger partial charge on any atom is 0.251 e. The number of carbonyl (C=O) groups is 1. The van der Waals surface area contributed by atoms with Crippen LogP contribution in [0.4, 0.5) is 0 Å². The summed E-state index contributed by atoms with van der Waals surface area (Å²) in [6.07, 6.45) is 0.783. The Morgan fingerprint density at radius 2 is 1.74 bits per heavy atom. The molecule has 0 aromatic heterocycles. The molecule has 0 aliphatic heterocycles. The van der Waals surface area contributed by atoms with E-state index in [0.717, 1.165) is 15.6 Å². The third-order valence-electron chi connectivity index (χ3n) is 3.63. The summed E-state index contributed by atoms with van der Waals surface area (Å²) in [5.41, 5.74) is 1.65. The van der Waals surface area contributed by atoms with Gasteiger partial charge >= 0.3 is 0 Å². The molecule has 0 saturated heterocycles. The number of benzene rings is 2. The fourth-order valence-electron chi connectivity index (χ4n) is 2.33. The first kappa shape index (κ1) is 17.6. The molecule has 0 aliphatic carbocycles. The molecule has 0 spiro atoms. The summed E-state index contributed by atoms with van der Waals surface area (Å²) in [6, 6.07) is 13.1. The third kappa shape index (κ3) is 4.37. The number of ether oxygens (including phenoxy) is 2. The van der Waals surface area contributed by atoms with Crippen molar-refractivity contribution < 1.29 is 14.3 Å². The Morgan fingerprint density at radius 1 is 1.09 bits per heavy atom. The van der Waals surface area contributed by atoms with Crippen molar-refractivity contribution in [3.63, 3.8) is 0 Å². The van der Waals surface area contributed by atoms with Crippen LogP contribution in [-0.4, -0.2) is 20.1 Å². The highest BCUT2D eigenvalue weighted by molar-refractivity contribution is 14.1. The van der Waals surface area contributed by atoms with Gasteiger partial charge in [0.25, 0.3) is 5.91 Å². The van der Waals surface area contributed by atoms with E-state index in [0.29, 0.717) is 17.1 Å². The Hall–Kier alpha value is -1.76. The molecule has 2 rings (SSSR count). The minimum absolute atomic E-state index is 0.0805. The second-order valence-electron chi connectivity index (χ2n) is 5.06. The topological polar surface area (TPSA) is 47.6 Å². The van der Waals surface area contributed by atoms with Crippen molar-refractivity contribution in [1.82, 2.24) is 5.32 Å². The van der Waals surface area contributed by atoms with E-state index in [-0.39, 0.29) is 11.9 Å². The van der Waals surface area contributed by atoms with Gasteiger partial charge in [-0.3, -0.25) is 4.79 Å². The van der Waals surface area contributed by atoms with Crippen molar-refractivity contribution in [3.05, 3.63) is 57.2 Å². The zero-order valence-electron chi connectivity index (χ0n) is 13.4. The highest BCUT2D eigenvalue weighted by atomic mass is 127. The van der Waals surface area contributed by atoms with Gasteiger partial charge in [0.1, 0.15) is 0 Å². The Bertz CT molecular complexity index is 670. The number of rotatable bonds is 6. The van der Waals surface area contributed by atoms with E-state index in [9.17, 15) is 4.79 Å². The number of hydrogen-bond acceptors (Lipinski definition) is 3. The quantitative estimate of drug-likeness (QED) is 0.707. The predicted octanol–water partition coefficient (Wildman–Crippen LogP) is 4.19. The lowest BCUT2D eigenvalue weighted by Crippen LogP contribution is -2.28. The molecule has 0 saturated carbocycles. The van der Waals surface area contributed by atoms with Crippen LogP contribution in [0.3, 0.4) is 0 Å². The van der Waals surface area contributed by atoms with Crippen molar-refractivity contribution in [1.29, 1.82) is 0 Å². The Morgan fingerprint density at radius 3 is 2.30 bits per heavy atom. The Balaban J connectivity index is 2.19. The second kappa shape index (κ2) is 8.19. The van der Waals surface area contributed by atoms with Gasteiger partial charge in [-0.1, -0.05) is 13.0 Å². The van der Waals surface area contributed by atoms with Gasteiger partial charge in [0.15, 0.2) is 11.5 Å². The molecule has 1 N–H and O–H groups in total. The lowest BCUT2D eigenvalue weighted by atomic mass is 10.0. The SMILES string of the molecule is CC[C@@H](NC(=O)c1ccc(I)cc1)c1ccc(OC)c(OC)c1. The molecule has 2 aromatic rings. The number of carbonyl (C=O) groups excluding carboxylic acids is 1. The maximum absolute atomic E-state index is 12.4. The van der Waals surface area contributed by atoms with Gasteiger partial charge in [0, 0.05) is 9.13 Å². The lowest BCUT2D eigenvalue weighted by Gasteiger charge is -2.19. The largest absolute Gasteiger partial charge is 0.493 e. The summed E-state index contributed by atoms with van der Waals surface area (Å²) in [5.74, 6) is 1.25. The highest BCUT2D eigenvalue weighted by Gasteiger charge is 2.16. The Labute approximate surface area is 150 Å². The molecule has 23 heavy (non-hydrogen) atoms. The smallest absolute Gasteiger partial charge is 0.251 e. The van der Waals surface area contributed by atoms with E-state index >= 15 is 0 Å². The second-order valence-corrected chi connectivity index (χ2v) is 6.30. The van der Waals surface area contributed by atoms with Gasteiger partial charge in [0.2, 0.25) is 0 Å². The number of hydrogen-bond donors (Lipinski definition) is 1. The van der Waals surface area contributed by atoms with E-state index in [1.54, 1.807) is 14.2 Å². The van der Waals surface area contributed by atoms with Crippen LogP contribution in [0.2, 0.25) is 0 Å². The van der Waals surface area contributed by atoms with Gasteiger partial charge in [-0.2, -0.15) is 0 Å². The average molecular weight is 425 g/mol. The van der Waals surface area contributed by atoms with E-state index in [4.69, 9.17) is 9.47 Å². The average Bonchev–Trinajstić information content (AvgIpc) is 2.59. The van der Waals surface area contributed by atoms with Crippen molar-refractivity contribution in [2.45, 2.75) is 19.4 Å². The van der Waals surface area contributed by atoms with Crippen LogP contribution in [0.15, 0.2) is 42.5 Å². The van der Waals surface area contributed by atoms with Crippen LogP contribution in [0.5, 0.6) is 11.5 Å². The van der Waals surface area contributed by atoms with Crippen molar-refractivity contribution >= 4 is 28.5 Å². The minimum atomic E-state index is -0.0819. The first-order valence-electron chi connectivity index (χ1n) is 7.37. The molecular formula is C18H20INO3. The van der Waals surface area contributed by atoms with Gasteiger partial charge in [-0.25, -0.2) is 0 Å². The molecule has 0 fully saturated rings. The molecule has 2 aromatic carbocycles. The molecule has 0 heterocycles. The fourth-order valence-corrected chi connectivity index (χ4v) is 2.69. The summed E-state index contributed by atoms with van der Waals surface area (Å²) in [4.78, 5) is 12.4. The lowest BCUT2D eigenvalue weighted by molar-refractivity contribution is 0.0935. The Kier molecular flexibility index (Phi) is 6.27. The van der Waals surface area contributed by atoms with Gasteiger partial charge in [-0.15, -0.1) is 0 Å². The van der Waals surface area contributed by atoms with Crippen molar-refractivity contribution in [2.24, 2.45) is 0 Å². The van der Waals surface area contributed by atoms with Crippen LogP contribution < -0.4 is 14.8 Å². The summed E-state index contributed by atoms with van der Waals surface area (Å²) in [5, 5.41) is 3.07. The summed E-state index contributed by atoms with van der Waals surface area (Å²) in [7, 11) is 3.21. The normalized spacial score (nSPS) is 11.7. The van der Waals surface area contributed by atoms with E-state index in [1.807, 2.05) is 49.4 Å². The summed E-state index contributed by atoms with van der Waals surface area (Å²) < 4.78 is 11.7. The molecule has 1 amide bonds. The summed E-state index contributed by atoms with van der Waals surface area (Å²) in [6.45, 7) is 2.04. The van der Waals surface area contributed by atoms with Gasteiger partial charge < -0.3 is 14.8 Å². The van der Waals surface area contributed by atoms with Gasteiger partial charge in [0.05, 0.1) is 20.3 Å². The molecule has 0 radical (unpaired) electrons. The molecule has 4 nitrogen and oxygen atoms in total. The van der Waals surface area contributed by atoms with Crippen LogP contribution in [0.1, 0.15) is 35.3 Å². The number of nitrogens with one attached hydrogen (secondary N) is 1.